The molecule has 8 rings (SSSR count). The number of benzene rings is 6. The molecule has 0 spiro atoms. The van der Waals surface area contributed by atoms with E-state index in [2.05, 4.69) is 129 Å². The van der Waals surface area contributed by atoms with Crippen molar-refractivity contribution < 1.29 is 13.9 Å². The fourth-order valence-corrected chi connectivity index (χ4v) is 6.12. The average molecular weight is 615 g/mol. The van der Waals surface area contributed by atoms with E-state index in [1.807, 2.05) is 30.3 Å². The van der Waals surface area contributed by atoms with Gasteiger partial charge in [-0.25, -0.2) is 0 Å². The predicted molar refractivity (Wildman–Crippen MR) is 187 cm³/mol. The number of hydrogen-bond donors (Lipinski definition) is 0. The fraction of sp³-hybridized carbons (Fsp3) is 0.0500. The van der Waals surface area contributed by atoms with Crippen molar-refractivity contribution in [3.63, 3.8) is 0 Å². The van der Waals surface area contributed by atoms with Gasteiger partial charge in [-0.2, -0.15) is 0 Å². The molecule has 6 aromatic carbocycles. The molecule has 2 heterocycles. The van der Waals surface area contributed by atoms with Crippen LogP contribution in [0.25, 0.3) is 50.4 Å². The third-order valence-corrected chi connectivity index (χ3v) is 8.36. The van der Waals surface area contributed by atoms with Gasteiger partial charge in [-0.3, -0.25) is 0 Å². The van der Waals surface area contributed by atoms with E-state index in [0.29, 0.717) is 23.3 Å². The lowest BCUT2D eigenvalue weighted by Gasteiger charge is -2.26. The summed E-state index contributed by atoms with van der Waals surface area (Å²) >= 11 is 0. The molecule has 0 unspecified atom stereocenters. The Morgan fingerprint density at radius 3 is 1.57 bits per heavy atom. The van der Waals surface area contributed by atoms with Gasteiger partial charge in [-0.1, -0.05) is 54.6 Å². The normalized spacial score (nSPS) is 11.2. The molecule has 2 aromatic heterocycles. The summed E-state index contributed by atoms with van der Waals surface area (Å²) in [6, 6.07) is 49.8. The van der Waals surface area contributed by atoms with Crippen molar-refractivity contribution in [1.29, 1.82) is 0 Å². The first-order valence-electron chi connectivity index (χ1n) is 15.3. The largest absolute Gasteiger partial charge is 0.497 e. The van der Waals surface area contributed by atoms with Crippen LogP contribution in [0.2, 0.25) is 0 Å². The van der Waals surface area contributed by atoms with E-state index >= 15 is 0 Å². The van der Waals surface area contributed by atoms with Crippen LogP contribution >= 0.6 is 0 Å². The Bertz CT molecular complexity index is 2250. The molecule has 0 N–H and O–H groups in total. The maximum atomic E-state index is 6.08. The van der Waals surface area contributed by atoms with Gasteiger partial charge in [0.25, 0.3) is 0 Å². The molecule has 0 atom stereocenters. The van der Waals surface area contributed by atoms with Gasteiger partial charge in [-0.15, -0.1) is 10.2 Å². The molecule has 0 aliphatic carbocycles. The molecule has 0 radical (unpaired) electrons. The van der Waals surface area contributed by atoms with Crippen molar-refractivity contribution in [2.75, 3.05) is 19.1 Å². The Hall–Kier alpha value is -6.34. The molecule has 7 heteroatoms. The SMILES string of the molecule is COc1cc(OC)cc(-c2nnc(-c3ccc(N(c4ccccc4)c4ccc(-n5c6ccccc6c6ccccc65)cc4)cc3)o2)c1. The number of ether oxygens (including phenoxy) is 2. The predicted octanol–water partition coefficient (Wildman–Crippen LogP) is 9.99. The lowest BCUT2D eigenvalue weighted by molar-refractivity contribution is 0.394. The number of anilines is 3. The number of aromatic nitrogens is 3. The van der Waals surface area contributed by atoms with Crippen molar-refractivity contribution in [2.45, 2.75) is 0 Å². The summed E-state index contributed by atoms with van der Waals surface area (Å²) in [6.45, 7) is 0. The van der Waals surface area contributed by atoms with Crippen LogP contribution in [-0.2, 0) is 0 Å². The maximum Gasteiger partial charge on any atom is 0.248 e. The Balaban J connectivity index is 1.14. The second-order valence-corrected chi connectivity index (χ2v) is 11.1. The molecule has 0 amide bonds. The summed E-state index contributed by atoms with van der Waals surface area (Å²) in [5, 5.41) is 11.1. The van der Waals surface area contributed by atoms with Gasteiger partial charge < -0.3 is 23.4 Å². The summed E-state index contributed by atoms with van der Waals surface area (Å²) < 4.78 is 19.2. The molecule has 8 aromatic rings. The highest BCUT2D eigenvalue weighted by Crippen LogP contribution is 2.38. The highest BCUT2D eigenvalue weighted by molar-refractivity contribution is 6.09. The molecule has 47 heavy (non-hydrogen) atoms. The Kier molecular flexibility index (Phi) is 7.11. The monoisotopic (exact) mass is 614 g/mol. The minimum Gasteiger partial charge on any atom is -0.497 e. The zero-order valence-corrected chi connectivity index (χ0v) is 25.9. The van der Waals surface area contributed by atoms with E-state index in [1.165, 1.54) is 21.8 Å². The Morgan fingerprint density at radius 2 is 1.00 bits per heavy atom. The maximum absolute atomic E-state index is 6.08. The molecular formula is C40H30N4O3. The van der Waals surface area contributed by atoms with Gasteiger partial charge in [0.05, 0.1) is 25.3 Å². The van der Waals surface area contributed by atoms with Gasteiger partial charge >= 0.3 is 0 Å². The number of hydrogen-bond acceptors (Lipinski definition) is 6. The van der Waals surface area contributed by atoms with Crippen LogP contribution < -0.4 is 14.4 Å². The van der Waals surface area contributed by atoms with Crippen molar-refractivity contribution in [3.05, 3.63) is 146 Å². The van der Waals surface area contributed by atoms with Gasteiger partial charge in [-0.05, 0) is 84.9 Å². The number of rotatable bonds is 8. The third-order valence-electron chi connectivity index (χ3n) is 8.36. The molecule has 0 saturated heterocycles. The van der Waals surface area contributed by atoms with Gasteiger partial charge in [0.2, 0.25) is 11.8 Å². The first-order chi connectivity index (χ1) is 23.2. The molecule has 0 saturated carbocycles. The van der Waals surface area contributed by atoms with E-state index in [0.717, 1.165) is 33.9 Å². The Morgan fingerprint density at radius 1 is 0.511 bits per heavy atom. The summed E-state index contributed by atoms with van der Waals surface area (Å²) in [5.74, 6) is 2.10. The lowest BCUT2D eigenvalue weighted by Crippen LogP contribution is -2.10. The van der Waals surface area contributed by atoms with E-state index in [9.17, 15) is 0 Å². The fourth-order valence-electron chi connectivity index (χ4n) is 6.12. The topological polar surface area (TPSA) is 65.6 Å². The highest BCUT2D eigenvalue weighted by atomic mass is 16.5. The molecule has 0 fully saturated rings. The number of methoxy groups -OCH3 is 2. The van der Waals surface area contributed by atoms with Crippen molar-refractivity contribution in [2.24, 2.45) is 0 Å². The van der Waals surface area contributed by atoms with Crippen LogP contribution in [0.3, 0.4) is 0 Å². The number of nitrogens with zero attached hydrogens (tertiary/aromatic N) is 4. The van der Waals surface area contributed by atoms with E-state index < -0.39 is 0 Å². The van der Waals surface area contributed by atoms with Crippen LogP contribution in [0.1, 0.15) is 0 Å². The van der Waals surface area contributed by atoms with Gasteiger partial charge in [0.1, 0.15) is 11.5 Å². The van der Waals surface area contributed by atoms with Gasteiger partial charge in [0, 0.05) is 50.7 Å². The highest BCUT2D eigenvalue weighted by Gasteiger charge is 2.17. The molecule has 7 nitrogen and oxygen atoms in total. The third kappa shape index (κ3) is 5.14. The summed E-state index contributed by atoms with van der Waals surface area (Å²) in [7, 11) is 3.22. The first kappa shape index (κ1) is 28.2. The summed E-state index contributed by atoms with van der Waals surface area (Å²) in [5.41, 5.74) is 8.11. The minimum absolute atomic E-state index is 0.385. The lowest BCUT2D eigenvalue weighted by atomic mass is 10.1. The van der Waals surface area contributed by atoms with Crippen molar-refractivity contribution in [1.82, 2.24) is 14.8 Å². The second-order valence-electron chi connectivity index (χ2n) is 11.1. The Labute approximate surface area is 271 Å². The van der Waals surface area contributed by atoms with E-state index in [1.54, 1.807) is 20.3 Å². The molecule has 228 valence electrons. The summed E-state index contributed by atoms with van der Waals surface area (Å²) in [4.78, 5) is 2.24. The minimum atomic E-state index is 0.385. The molecule has 0 aliphatic heterocycles. The number of fused-ring (bicyclic) bond motifs is 3. The average Bonchev–Trinajstić information content (AvgIpc) is 3.77. The first-order valence-corrected chi connectivity index (χ1v) is 15.3. The van der Waals surface area contributed by atoms with Crippen LogP contribution in [0.5, 0.6) is 11.5 Å². The standard InChI is InChI=1S/C40H30N4O3/c1-45-33-24-28(25-34(26-33)46-2)40-42-41-39(47-40)27-16-18-30(19-17-27)43(29-10-4-3-5-11-29)31-20-22-32(23-21-31)44-37-14-8-6-12-35(37)36-13-7-9-15-38(36)44/h3-26H,1-2H3. The second kappa shape index (κ2) is 11.9. The smallest absolute Gasteiger partial charge is 0.248 e. The van der Waals surface area contributed by atoms with Crippen LogP contribution in [0.15, 0.2) is 150 Å². The zero-order valence-electron chi connectivity index (χ0n) is 25.9. The van der Waals surface area contributed by atoms with Gasteiger partial charge in [0.15, 0.2) is 0 Å². The van der Waals surface area contributed by atoms with Crippen molar-refractivity contribution in [3.8, 4) is 40.1 Å². The molecular weight excluding hydrogens is 584 g/mol. The number of para-hydroxylation sites is 3. The molecule has 0 aliphatic rings. The summed E-state index contributed by atoms with van der Waals surface area (Å²) in [6.07, 6.45) is 0. The quantitative estimate of drug-likeness (QED) is 0.170. The molecule has 0 bridgehead atoms. The zero-order chi connectivity index (χ0) is 31.7. The van der Waals surface area contributed by atoms with E-state index in [-0.39, 0.29) is 0 Å². The van der Waals surface area contributed by atoms with Crippen LogP contribution in [0.4, 0.5) is 17.1 Å². The van der Waals surface area contributed by atoms with Crippen LogP contribution in [0, 0.1) is 0 Å². The van der Waals surface area contributed by atoms with E-state index in [4.69, 9.17) is 13.9 Å². The van der Waals surface area contributed by atoms with Crippen molar-refractivity contribution >= 4 is 38.9 Å². The van der Waals surface area contributed by atoms with Crippen LogP contribution in [-0.4, -0.2) is 29.0 Å².